The summed E-state index contributed by atoms with van der Waals surface area (Å²) in [4.78, 5) is 10.1. The molecule has 1 aromatic heterocycles. The number of aryl methyl sites for hydroxylation is 1. The third kappa shape index (κ3) is 5.16. The Hall–Kier alpha value is -2.37. The van der Waals surface area contributed by atoms with Gasteiger partial charge in [0.2, 0.25) is 5.95 Å². The van der Waals surface area contributed by atoms with E-state index in [2.05, 4.69) is 97.5 Å². The van der Waals surface area contributed by atoms with Crippen LogP contribution in [-0.4, -0.2) is 47.2 Å². The van der Waals surface area contributed by atoms with Crippen LogP contribution in [-0.2, 0) is 12.1 Å². The molecular formula is C29H43N5. The molecule has 5 heteroatoms. The van der Waals surface area contributed by atoms with Gasteiger partial charge in [-0.05, 0) is 61.4 Å². The van der Waals surface area contributed by atoms with Crippen LogP contribution in [0.4, 0.5) is 5.95 Å². The first-order valence-corrected chi connectivity index (χ1v) is 13.1. The van der Waals surface area contributed by atoms with Gasteiger partial charge in [-0.3, -0.25) is 4.90 Å². The van der Waals surface area contributed by atoms with Gasteiger partial charge in [0.1, 0.15) is 0 Å². The summed E-state index contributed by atoms with van der Waals surface area (Å²) < 4.78 is 2.42. The van der Waals surface area contributed by atoms with E-state index in [1.807, 2.05) is 0 Å². The zero-order chi connectivity index (χ0) is 24.3. The molecule has 2 aromatic carbocycles. The fourth-order valence-electron chi connectivity index (χ4n) is 5.45. The molecule has 1 fully saturated rings. The minimum Gasteiger partial charge on any atom is -0.340 e. The molecule has 5 nitrogen and oxygen atoms in total. The van der Waals surface area contributed by atoms with Crippen LogP contribution in [0.1, 0.15) is 51.7 Å². The number of fused-ring (bicyclic) bond motifs is 1. The van der Waals surface area contributed by atoms with Crippen LogP contribution in [0, 0.1) is 18.8 Å². The Morgan fingerprint density at radius 1 is 0.941 bits per heavy atom. The van der Waals surface area contributed by atoms with E-state index in [0.29, 0.717) is 11.8 Å². The minimum absolute atomic E-state index is 0.269. The SMILES string of the molecule is Cc1ccccc1C(N)(CCCN1CCN(c2nc3ccccc3n2CC(C)C)CC1)C(C)C. The molecule has 2 N–H and O–H groups in total. The predicted molar refractivity (Wildman–Crippen MR) is 144 cm³/mol. The Morgan fingerprint density at radius 3 is 2.29 bits per heavy atom. The highest BCUT2D eigenvalue weighted by molar-refractivity contribution is 5.78. The molecule has 0 radical (unpaired) electrons. The molecule has 0 amide bonds. The lowest BCUT2D eigenvalue weighted by Crippen LogP contribution is -2.48. The molecule has 4 rings (SSSR count). The molecule has 34 heavy (non-hydrogen) atoms. The first-order valence-electron chi connectivity index (χ1n) is 13.1. The Morgan fingerprint density at radius 2 is 1.62 bits per heavy atom. The first kappa shape index (κ1) is 24.7. The normalized spacial score (nSPS) is 17.1. The molecule has 1 unspecified atom stereocenters. The van der Waals surface area contributed by atoms with Crippen molar-refractivity contribution in [2.45, 2.75) is 59.5 Å². The maximum atomic E-state index is 7.03. The van der Waals surface area contributed by atoms with Crippen LogP contribution in [0.2, 0.25) is 0 Å². The van der Waals surface area contributed by atoms with E-state index in [1.54, 1.807) is 0 Å². The zero-order valence-corrected chi connectivity index (χ0v) is 21.8. The van der Waals surface area contributed by atoms with Crippen LogP contribution in [0.3, 0.4) is 0 Å². The van der Waals surface area contributed by atoms with E-state index >= 15 is 0 Å². The molecule has 3 aromatic rings. The Kier molecular flexibility index (Phi) is 7.63. The van der Waals surface area contributed by atoms with Gasteiger partial charge < -0.3 is 15.2 Å². The van der Waals surface area contributed by atoms with Crippen molar-refractivity contribution in [2.24, 2.45) is 17.6 Å². The van der Waals surface area contributed by atoms with Gasteiger partial charge in [0.05, 0.1) is 11.0 Å². The number of nitrogens with two attached hydrogens (primary N) is 1. The van der Waals surface area contributed by atoms with Crippen LogP contribution < -0.4 is 10.6 Å². The Bertz CT molecular complexity index is 1080. The topological polar surface area (TPSA) is 50.3 Å². The van der Waals surface area contributed by atoms with Crippen molar-refractivity contribution in [1.82, 2.24) is 14.5 Å². The highest BCUT2D eigenvalue weighted by atomic mass is 15.4. The van der Waals surface area contributed by atoms with Crippen LogP contribution in [0.5, 0.6) is 0 Å². The van der Waals surface area contributed by atoms with Gasteiger partial charge in [-0.25, -0.2) is 4.98 Å². The van der Waals surface area contributed by atoms with Gasteiger partial charge in [-0.2, -0.15) is 0 Å². The van der Waals surface area contributed by atoms with Gasteiger partial charge in [-0.1, -0.05) is 64.1 Å². The Balaban J connectivity index is 1.37. The highest BCUT2D eigenvalue weighted by Gasteiger charge is 2.32. The zero-order valence-electron chi connectivity index (χ0n) is 21.8. The molecule has 2 heterocycles. The molecule has 0 saturated carbocycles. The van der Waals surface area contributed by atoms with Crippen molar-refractivity contribution in [1.29, 1.82) is 0 Å². The summed E-state index contributed by atoms with van der Waals surface area (Å²) in [6, 6.07) is 17.2. The number of benzene rings is 2. The molecular weight excluding hydrogens is 418 g/mol. The summed E-state index contributed by atoms with van der Waals surface area (Å²) >= 11 is 0. The fraction of sp³-hybridized carbons (Fsp3) is 0.552. The number of para-hydroxylation sites is 2. The van der Waals surface area contributed by atoms with Crippen molar-refractivity contribution in [3.63, 3.8) is 0 Å². The van der Waals surface area contributed by atoms with Gasteiger partial charge in [-0.15, -0.1) is 0 Å². The van der Waals surface area contributed by atoms with Crippen molar-refractivity contribution in [3.05, 3.63) is 59.7 Å². The lowest BCUT2D eigenvalue weighted by atomic mass is 9.75. The number of anilines is 1. The second kappa shape index (κ2) is 10.5. The van der Waals surface area contributed by atoms with E-state index in [0.717, 1.165) is 63.6 Å². The second-order valence-corrected chi connectivity index (χ2v) is 10.8. The minimum atomic E-state index is -0.269. The fourth-order valence-corrected chi connectivity index (χ4v) is 5.45. The maximum Gasteiger partial charge on any atom is 0.206 e. The molecule has 1 saturated heterocycles. The van der Waals surface area contributed by atoms with E-state index in [1.165, 1.54) is 16.6 Å². The first-order chi connectivity index (χ1) is 16.3. The van der Waals surface area contributed by atoms with Gasteiger partial charge in [0.25, 0.3) is 0 Å². The van der Waals surface area contributed by atoms with Crippen molar-refractivity contribution in [3.8, 4) is 0 Å². The van der Waals surface area contributed by atoms with E-state index < -0.39 is 0 Å². The van der Waals surface area contributed by atoms with Crippen molar-refractivity contribution < 1.29 is 0 Å². The summed E-state index contributed by atoms with van der Waals surface area (Å²) in [5.74, 6) is 2.12. The number of aromatic nitrogens is 2. The summed E-state index contributed by atoms with van der Waals surface area (Å²) in [5, 5.41) is 0. The molecule has 184 valence electrons. The number of hydrogen-bond donors (Lipinski definition) is 1. The van der Waals surface area contributed by atoms with Gasteiger partial charge >= 0.3 is 0 Å². The summed E-state index contributed by atoms with van der Waals surface area (Å²) in [7, 11) is 0. The quantitative estimate of drug-likeness (QED) is 0.463. The standard InChI is InChI=1S/C29H43N5/c1-22(2)21-34-27-14-9-8-13-26(27)31-28(34)33-19-17-32(18-20-33)16-10-15-29(30,23(3)4)25-12-7-6-11-24(25)5/h6-9,11-14,22-23H,10,15-21,30H2,1-5H3. The number of hydrogen-bond acceptors (Lipinski definition) is 4. The number of piperazine rings is 1. The van der Waals surface area contributed by atoms with E-state index in [4.69, 9.17) is 10.7 Å². The van der Waals surface area contributed by atoms with Crippen molar-refractivity contribution in [2.75, 3.05) is 37.6 Å². The molecule has 1 aliphatic rings. The lowest BCUT2D eigenvalue weighted by Gasteiger charge is -2.38. The second-order valence-electron chi connectivity index (χ2n) is 10.8. The lowest BCUT2D eigenvalue weighted by molar-refractivity contribution is 0.222. The highest BCUT2D eigenvalue weighted by Crippen LogP contribution is 2.34. The van der Waals surface area contributed by atoms with E-state index in [9.17, 15) is 0 Å². The molecule has 1 aliphatic heterocycles. The number of rotatable bonds is 9. The molecule has 1 atom stereocenters. The monoisotopic (exact) mass is 461 g/mol. The maximum absolute atomic E-state index is 7.03. The van der Waals surface area contributed by atoms with Gasteiger partial charge in [0, 0.05) is 38.3 Å². The largest absolute Gasteiger partial charge is 0.340 e. The summed E-state index contributed by atoms with van der Waals surface area (Å²) in [5.41, 5.74) is 11.7. The molecule has 0 aliphatic carbocycles. The molecule has 0 bridgehead atoms. The third-order valence-corrected chi connectivity index (χ3v) is 7.58. The van der Waals surface area contributed by atoms with Crippen LogP contribution >= 0.6 is 0 Å². The van der Waals surface area contributed by atoms with E-state index in [-0.39, 0.29) is 5.54 Å². The smallest absolute Gasteiger partial charge is 0.206 e. The van der Waals surface area contributed by atoms with Crippen molar-refractivity contribution >= 4 is 17.0 Å². The Labute approximate surface area is 206 Å². The van der Waals surface area contributed by atoms with Crippen LogP contribution in [0.15, 0.2) is 48.5 Å². The summed E-state index contributed by atoms with van der Waals surface area (Å²) in [6.07, 6.45) is 2.13. The molecule has 0 spiro atoms. The average molecular weight is 462 g/mol. The van der Waals surface area contributed by atoms with Gasteiger partial charge in [0.15, 0.2) is 0 Å². The number of nitrogens with zero attached hydrogens (tertiary/aromatic N) is 4. The summed E-state index contributed by atoms with van der Waals surface area (Å²) in [6.45, 7) is 17.6. The third-order valence-electron chi connectivity index (χ3n) is 7.58. The van der Waals surface area contributed by atoms with Crippen LogP contribution in [0.25, 0.3) is 11.0 Å². The predicted octanol–water partition coefficient (Wildman–Crippen LogP) is 5.41. The average Bonchev–Trinajstić information content (AvgIpc) is 3.17. The number of imidazole rings is 1.